The zero-order valence-electron chi connectivity index (χ0n) is 14.3. The second-order valence-corrected chi connectivity index (χ2v) is 7.59. The number of anilines is 2. The maximum absolute atomic E-state index is 12.4. The first-order valence-corrected chi connectivity index (χ1v) is 9.63. The van der Waals surface area contributed by atoms with Gasteiger partial charge in [-0.1, -0.05) is 30.3 Å². The van der Waals surface area contributed by atoms with Crippen molar-refractivity contribution in [3.63, 3.8) is 0 Å². The first-order chi connectivity index (χ1) is 12.5. The van der Waals surface area contributed by atoms with Gasteiger partial charge in [0.05, 0.1) is 16.3 Å². The maximum Gasteiger partial charge on any atom is 0.283 e. The second-order valence-electron chi connectivity index (χ2n) is 6.01. The molecule has 7 heteroatoms. The smallest absolute Gasteiger partial charge is 0.283 e. The van der Waals surface area contributed by atoms with Crippen molar-refractivity contribution >= 4 is 27.1 Å². The normalized spacial score (nSPS) is 18.9. The van der Waals surface area contributed by atoms with Crippen molar-refractivity contribution in [1.82, 2.24) is 0 Å². The monoisotopic (exact) mass is 364 g/mol. The first kappa shape index (κ1) is 16.4. The summed E-state index contributed by atoms with van der Waals surface area (Å²) in [6.07, 6.45) is 0. The third-order valence-corrected chi connectivity index (χ3v) is 5.96. The van der Waals surface area contributed by atoms with Crippen molar-refractivity contribution in [2.45, 2.75) is 11.8 Å². The molecule has 2 aliphatic rings. The van der Waals surface area contributed by atoms with Gasteiger partial charge in [-0.2, -0.15) is 18.1 Å². The molecular formula is C19H16N4O2S. The van der Waals surface area contributed by atoms with Crippen LogP contribution in [0.3, 0.4) is 0 Å². The standard InChI is InChI=1S/C19H16N4O2S/c1-3-23-16-10-6-5-9-15(16)22(2)19(23)14(12-20)18-13-8-4-7-11-17(13)26(24,25)21-18/h4-11H,3H2,1-2H3. The highest BCUT2D eigenvalue weighted by atomic mass is 32.2. The van der Waals surface area contributed by atoms with E-state index >= 15 is 0 Å². The van der Waals surface area contributed by atoms with Crippen LogP contribution in [0.15, 0.2) is 69.2 Å². The summed E-state index contributed by atoms with van der Waals surface area (Å²) in [5.41, 5.74) is 2.87. The van der Waals surface area contributed by atoms with Crippen molar-refractivity contribution < 1.29 is 8.42 Å². The molecule has 0 saturated carbocycles. The van der Waals surface area contributed by atoms with Gasteiger partial charge >= 0.3 is 0 Å². The number of sulfonamides is 1. The van der Waals surface area contributed by atoms with Crippen LogP contribution < -0.4 is 9.80 Å². The summed E-state index contributed by atoms with van der Waals surface area (Å²) >= 11 is 0. The number of nitriles is 1. The Hall–Kier alpha value is -3.11. The van der Waals surface area contributed by atoms with E-state index in [9.17, 15) is 13.7 Å². The van der Waals surface area contributed by atoms with Crippen molar-refractivity contribution in [2.24, 2.45) is 4.40 Å². The van der Waals surface area contributed by atoms with Gasteiger partial charge < -0.3 is 9.80 Å². The fourth-order valence-electron chi connectivity index (χ4n) is 3.50. The second kappa shape index (κ2) is 5.71. The van der Waals surface area contributed by atoms with E-state index < -0.39 is 10.0 Å². The molecule has 0 saturated heterocycles. The van der Waals surface area contributed by atoms with Crippen LogP contribution in [-0.4, -0.2) is 27.7 Å². The SMILES string of the molecule is CCN1C(=C(C#N)C2=NS(=O)(=O)c3ccccc32)N(C)c2ccccc21. The molecule has 0 atom stereocenters. The van der Waals surface area contributed by atoms with Gasteiger partial charge in [-0.05, 0) is 25.1 Å². The fraction of sp³-hybridized carbons (Fsp3) is 0.158. The third kappa shape index (κ3) is 2.16. The molecule has 26 heavy (non-hydrogen) atoms. The summed E-state index contributed by atoms with van der Waals surface area (Å²) in [5, 5.41) is 9.92. The van der Waals surface area contributed by atoms with Crippen molar-refractivity contribution in [3.8, 4) is 6.07 Å². The summed E-state index contributed by atoms with van der Waals surface area (Å²) in [5.74, 6) is 0.641. The molecule has 4 rings (SSSR count). The molecule has 0 spiro atoms. The van der Waals surface area contributed by atoms with Crippen LogP contribution in [0.1, 0.15) is 12.5 Å². The molecule has 0 bridgehead atoms. The van der Waals surface area contributed by atoms with E-state index in [0.717, 1.165) is 11.4 Å². The molecule has 2 aromatic rings. The molecule has 0 aromatic heterocycles. The Kier molecular flexibility index (Phi) is 3.60. The van der Waals surface area contributed by atoms with E-state index in [2.05, 4.69) is 10.5 Å². The minimum Gasteiger partial charge on any atom is -0.328 e. The highest BCUT2D eigenvalue weighted by Crippen LogP contribution is 2.42. The molecule has 0 aliphatic carbocycles. The molecule has 2 aliphatic heterocycles. The van der Waals surface area contributed by atoms with Gasteiger partial charge in [0.25, 0.3) is 10.0 Å². The number of fused-ring (bicyclic) bond motifs is 2. The zero-order valence-corrected chi connectivity index (χ0v) is 15.2. The Labute approximate surface area is 152 Å². The molecule has 130 valence electrons. The summed E-state index contributed by atoms with van der Waals surface area (Å²) in [6.45, 7) is 2.63. The average molecular weight is 364 g/mol. The highest BCUT2D eigenvalue weighted by molar-refractivity contribution is 7.90. The molecule has 0 amide bonds. The van der Waals surface area contributed by atoms with Gasteiger partial charge in [0.15, 0.2) is 0 Å². The number of rotatable bonds is 2. The molecule has 2 heterocycles. The Morgan fingerprint density at radius 2 is 1.77 bits per heavy atom. The Balaban J connectivity index is 1.99. The minimum absolute atomic E-state index is 0.143. The third-order valence-electron chi connectivity index (χ3n) is 4.63. The Bertz CT molecular complexity index is 1130. The largest absolute Gasteiger partial charge is 0.328 e. The lowest BCUT2D eigenvalue weighted by Gasteiger charge is -2.23. The van der Waals surface area contributed by atoms with Gasteiger partial charge in [0.2, 0.25) is 0 Å². The number of hydrogen-bond donors (Lipinski definition) is 0. The summed E-state index contributed by atoms with van der Waals surface area (Å²) in [4.78, 5) is 4.06. The number of para-hydroxylation sites is 2. The topological polar surface area (TPSA) is 76.8 Å². The van der Waals surface area contributed by atoms with Crippen LogP contribution in [-0.2, 0) is 10.0 Å². The Morgan fingerprint density at radius 3 is 2.46 bits per heavy atom. The molecule has 6 nitrogen and oxygen atoms in total. The highest BCUT2D eigenvalue weighted by Gasteiger charge is 2.36. The van der Waals surface area contributed by atoms with Crippen LogP contribution in [0.5, 0.6) is 0 Å². The first-order valence-electron chi connectivity index (χ1n) is 8.19. The van der Waals surface area contributed by atoms with Crippen molar-refractivity contribution in [2.75, 3.05) is 23.4 Å². The van der Waals surface area contributed by atoms with E-state index in [1.807, 2.05) is 48.0 Å². The van der Waals surface area contributed by atoms with E-state index in [-0.39, 0.29) is 16.2 Å². The lowest BCUT2D eigenvalue weighted by Crippen LogP contribution is -2.29. The molecule has 2 aromatic carbocycles. The van der Waals surface area contributed by atoms with Crippen LogP contribution >= 0.6 is 0 Å². The number of nitrogens with zero attached hydrogens (tertiary/aromatic N) is 4. The summed E-state index contributed by atoms with van der Waals surface area (Å²) < 4.78 is 28.7. The fourth-order valence-corrected chi connectivity index (χ4v) is 4.72. The predicted molar refractivity (Wildman–Crippen MR) is 101 cm³/mol. The van der Waals surface area contributed by atoms with E-state index in [4.69, 9.17) is 0 Å². The predicted octanol–water partition coefficient (Wildman–Crippen LogP) is 2.89. The van der Waals surface area contributed by atoms with Crippen LogP contribution in [0.4, 0.5) is 11.4 Å². The quantitative estimate of drug-likeness (QED) is 0.766. The zero-order chi connectivity index (χ0) is 18.5. The number of allylic oxidation sites excluding steroid dienone is 1. The molecular weight excluding hydrogens is 348 g/mol. The van der Waals surface area contributed by atoms with Crippen molar-refractivity contribution in [3.05, 3.63) is 65.5 Å². The van der Waals surface area contributed by atoms with Crippen LogP contribution in [0.2, 0.25) is 0 Å². The van der Waals surface area contributed by atoms with Crippen LogP contribution in [0.25, 0.3) is 0 Å². The van der Waals surface area contributed by atoms with E-state index in [1.54, 1.807) is 18.2 Å². The van der Waals surface area contributed by atoms with Gasteiger partial charge in [-0.25, -0.2) is 0 Å². The Morgan fingerprint density at radius 1 is 1.12 bits per heavy atom. The number of hydrogen-bond acceptors (Lipinski definition) is 5. The lowest BCUT2D eigenvalue weighted by molar-refractivity contribution is 0.599. The van der Waals surface area contributed by atoms with Crippen molar-refractivity contribution in [1.29, 1.82) is 5.26 Å². The van der Waals surface area contributed by atoms with Gasteiger partial charge in [-0.3, -0.25) is 0 Å². The van der Waals surface area contributed by atoms with Gasteiger partial charge in [0.1, 0.15) is 23.2 Å². The van der Waals surface area contributed by atoms with Crippen LogP contribution in [0, 0.1) is 11.3 Å². The summed E-state index contributed by atoms with van der Waals surface area (Å²) in [6, 6.07) is 16.6. The molecule has 0 unspecified atom stereocenters. The lowest BCUT2D eigenvalue weighted by atomic mass is 10.0. The van der Waals surface area contributed by atoms with E-state index in [0.29, 0.717) is 17.9 Å². The minimum atomic E-state index is -3.78. The van der Waals surface area contributed by atoms with Gasteiger partial charge in [0, 0.05) is 19.2 Å². The number of benzene rings is 2. The maximum atomic E-state index is 12.4. The molecule has 0 N–H and O–H groups in total. The molecule has 0 fully saturated rings. The van der Waals surface area contributed by atoms with Gasteiger partial charge in [-0.15, -0.1) is 0 Å². The average Bonchev–Trinajstić information content (AvgIpc) is 3.09. The van der Waals surface area contributed by atoms with E-state index in [1.165, 1.54) is 6.07 Å². The summed E-state index contributed by atoms with van der Waals surface area (Å²) in [7, 11) is -1.91. The molecule has 0 radical (unpaired) electrons.